The SMILES string of the molecule is COCCO.COCCOc1ncc(N)c(NCc2ccc(CN3CCCC3)cc2)n1.COCCOc1ncc([N+](=O)[O-])c(NCc2ccc(CN3CCCC3)cc2)n1.COCCOc1ncc2c(n1)N(Cc1ccc(CN3CCCC3)cc1)C(=S)C2.O=[N+]([O-])c1cnc(Cl)nc1NCc1ccc(CN2CCCC2)cc1. The number of halogens is 1. The van der Waals surface area contributed by atoms with Crippen LogP contribution in [0.5, 0.6) is 18.0 Å². The zero-order valence-corrected chi connectivity index (χ0v) is 65.5. The molecular formula is C78H104ClN19O12S. The fraction of sp³-hybridized carbons (Fsp3) is 0.474. The molecule has 596 valence electrons. The van der Waals surface area contributed by atoms with Gasteiger partial charge >= 0.3 is 29.4 Å². The molecule has 5 aliphatic rings. The summed E-state index contributed by atoms with van der Waals surface area (Å²) >= 11 is 11.3. The maximum absolute atomic E-state index is 11.2. The third kappa shape index (κ3) is 29.2. The van der Waals surface area contributed by atoms with E-state index < -0.39 is 9.85 Å². The summed E-state index contributed by atoms with van der Waals surface area (Å²) in [6.45, 7) is 18.8. The van der Waals surface area contributed by atoms with Crippen molar-refractivity contribution in [2.45, 2.75) is 110 Å². The molecule has 111 heavy (non-hydrogen) atoms. The van der Waals surface area contributed by atoms with Crippen molar-refractivity contribution in [1.29, 1.82) is 0 Å². The minimum atomic E-state index is -0.530. The number of aromatic nitrogens is 8. The molecule has 0 spiro atoms. The maximum Gasteiger partial charge on any atom is 0.329 e. The van der Waals surface area contributed by atoms with Crippen LogP contribution in [0.25, 0.3) is 0 Å². The molecule has 5 aliphatic heterocycles. The predicted molar refractivity (Wildman–Crippen MR) is 430 cm³/mol. The van der Waals surface area contributed by atoms with Crippen molar-refractivity contribution in [1.82, 2.24) is 59.5 Å². The molecule has 0 saturated carbocycles. The number of aliphatic hydroxyl groups is 1. The van der Waals surface area contributed by atoms with Crippen LogP contribution in [0.2, 0.25) is 5.28 Å². The Hall–Kier alpha value is -9.58. The van der Waals surface area contributed by atoms with Crippen molar-refractivity contribution in [3.63, 3.8) is 0 Å². The third-order valence-electron chi connectivity index (χ3n) is 18.5. The second kappa shape index (κ2) is 46.9. The van der Waals surface area contributed by atoms with Crippen LogP contribution in [-0.2, 0) is 77.7 Å². The molecule has 4 aromatic heterocycles. The highest BCUT2D eigenvalue weighted by Gasteiger charge is 2.28. The summed E-state index contributed by atoms with van der Waals surface area (Å²) in [5, 5.41) is 39.4. The Kier molecular flexibility index (Phi) is 36.1. The molecule has 0 aliphatic carbocycles. The highest BCUT2D eigenvalue weighted by Crippen LogP contribution is 2.31. The summed E-state index contributed by atoms with van der Waals surface area (Å²) in [5.41, 5.74) is 16.8. The molecule has 0 radical (unpaired) electrons. The molecule has 13 rings (SSSR count). The van der Waals surface area contributed by atoms with Crippen molar-refractivity contribution in [2.75, 3.05) is 160 Å². The zero-order valence-electron chi connectivity index (χ0n) is 63.9. The van der Waals surface area contributed by atoms with E-state index in [0.717, 1.165) is 79.2 Å². The van der Waals surface area contributed by atoms with E-state index in [4.69, 9.17) is 63.1 Å². The molecule has 4 saturated heterocycles. The second-order valence-electron chi connectivity index (χ2n) is 26.9. The minimum Gasteiger partial charge on any atom is -0.461 e. The van der Waals surface area contributed by atoms with Gasteiger partial charge in [0.1, 0.15) is 38.0 Å². The first-order valence-electron chi connectivity index (χ1n) is 37.5. The van der Waals surface area contributed by atoms with Crippen molar-refractivity contribution >= 4 is 69.1 Å². The van der Waals surface area contributed by atoms with Gasteiger partial charge in [0.15, 0.2) is 5.82 Å². The molecule has 6 N–H and O–H groups in total. The first-order chi connectivity index (χ1) is 54.1. The van der Waals surface area contributed by atoms with E-state index in [-0.39, 0.29) is 47.5 Å². The molecule has 0 unspecified atom stereocenters. The highest BCUT2D eigenvalue weighted by molar-refractivity contribution is 7.80. The number of likely N-dealkylation sites (tertiary alicyclic amines) is 4. The number of fused-ring (bicyclic) bond motifs is 1. The molecule has 0 bridgehead atoms. The highest BCUT2D eigenvalue weighted by atomic mass is 35.5. The second-order valence-corrected chi connectivity index (χ2v) is 27.7. The largest absolute Gasteiger partial charge is 0.461 e. The lowest BCUT2D eigenvalue weighted by molar-refractivity contribution is -0.384. The van der Waals surface area contributed by atoms with E-state index >= 15 is 0 Å². The summed E-state index contributed by atoms with van der Waals surface area (Å²) in [6, 6.07) is 34.7. The Bertz CT molecular complexity index is 4110. The van der Waals surface area contributed by atoms with E-state index in [0.29, 0.717) is 95.8 Å². The number of ether oxygens (including phenoxy) is 7. The van der Waals surface area contributed by atoms with Crippen LogP contribution in [0.1, 0.15) is 101 Å². The Morgan fingerprint density at radius 1 is 0.441 bits per heavy atom. The topological polar surface area (TPSA) is 353 Å². The summed E-state index contributed by atoms with van der Waals surface area (Å²) in [7, 11) is 6.37. The van der Waals surface area contributed by atoms with Crippen LogP contribution in [0.4, 0.5) is 40.3 Å². The van der Waals surface area contributed by atoms with Crippen LogP contribution < -0.4 is 40.8 Å². The molecule has 31 nitrogen and oxygen atoms in total. The average Bonchev–Trinajstić information content (AvgIpc) is 1.66. The van der Waals surface area contributed by atoms with Crippen LogP contribution >= 0.6 is 23.8 Å². The number of hydrogen-bond acceptors (Lipinski definition) is 29. The van der Waals surface area contributed by atoms with Crippen LogP contribution in [0, 0.1) is 20.2 Å². The monoisotopic (exact) mass is 1570 g/mol. The third-order valence-corrected chi connectivity index (χ3v) is 19.0. The van der Waals surface area contributed by atoms with Crippen LogP contribution in [0.15, 0.2) is 122 Å². The van der Waals surface area contributed by atoms with Gasteiger partial charge in [-0.15, -0.1) is 0 Å². The van der Waals surface area contributed by atoms with Crippen LogP contribution in [0.3, 0.4) is 0 Å². The number of hydrogen-bond donors (Lipinski definition) is 5. The first kappa shape index (κ1) is 85.4. The van der Waals surface area contributed by atoms with Gasteiger partial charge in [-0.1, -0.05) is 109 Å². The Labute approximate surface area is 659 Å². The number of anilines is 5. The van der Waals surface area contributed by atoms with Crippen molar-refractivity contribution < 1.29 is 48.1 Å². The average molecular weight is 1570 g/mol. The smallest absolute Gasteiger partial charge is 0.329 e. The summed E-state index contributed by atoms with van der Waals surface area (Å²) < 4.78 is 35.6. The molecule has 33 heteroatoms. The number of nitro groups is 2. The van der Waals surface area contributed by atoms with E-state index in [1.54, 1.807) is 34.6 Å². The zero-order chi connectivity index (χ0) is 78.4. The minimum absolute atomic E-state index is 0.0240. The van der Waals surface area contributed by atoms with Gasteiger partial charge in [0.25, 0.3) is 0 Å². The van der Waals surface area contributed by atoms with Crippen molar-refractivity contribution in [2.24, 2.45) is 0 Å². The first-order valence-corrected chi connectivity index (χ1v) is 38.3. The predicted octanol–water partition coefficient (Wildman–Crippen LogP) is 10.8. The van der Waals surface area contributed by atoms with Gasteiger partial charge < -0.3 is 64.8 Å². The fourth-order valence-electron chi connectivity index (χ4n) is 12.6. The molecule has 0 amide bonds. The molecular weight excluding hydrogens is 1460 g/mol. The maximum atomic E-state index is 11.2. The van der Waals surface area contributed by atoms with Gasteiger partial charge in [-0.25, -0.2) is 15.0 Å². The lowest BCUT2D eigenvalue weighted by Crippen LogP contribution is -2.25. The normalized spacial score (nSPS) is 14.7. The quantitative estimate of drug-likeness (QED) is 0.00810. The number of nitrogens with one attached hydrogen (secondary N) is 3. The van der Waals surface area contributed by atoms with Gasteiger partial charge in [0.2, 0.25) is 16.9 Å². The van der Waals surface area contributed by atoms with E-state index in [1.807, 2.05) is 30.5 Å². The number of aliphatic hydroxyl groups excluding tert-OH is 1. The van der Waals surface area contributed by atoms with Gasteiger partial charge in [0.05, 0.1) is 66.3 Å². The van der Waals surface area contributed by atoms with Crippen LogP contribution in [-0.4, -0.2) is 213 Å². The number of nitrogens with zero attached hydrogens (tertiary/aromatic N) is 15. The molecule has 8 aromatic rings. The lowest BCUT2D eigenvalue weighted by atomic mass is 10.1. The Balaban J connectivity index is 0.000000167. The summed E-state index contributed by atoms with van der Waals surface area (Å²) in [6.07, 6.45) is 16.7. The number of benzene rings is 4. The van der Waals surface area contributed by atoms with Gasteiger partial charge in [-0.2, -0.15) is 24.9 Å². The number of nitrogen functional groups attached to an aromatic ring is 1. The van der Waals surface area contributed by atoms with Gasteiger partial charge in [-0.05, 0) is 160 Å². The molecule has 0 atom stereocenters. The molecule has 4 fully saturated rings. The Morgan fingerprint density at radius 2 is 0.766 bits per heavy atom. The van der Waals surface area contributed by atoms with Gasteiger partial charge in [0, 0.05) is 92.4 Å². The fourth-order valence-corrected chi connectivity index (χ4v) is 13.0. The van der Waals surface area contributed by atoms with E-state index in [9.17, 15) is 20.2 Å². The Morgan fingerprint density at radius 3 is 1.14 bits per heavy atom. The lowest BCUT2D eigenvalue weighted by Gasteiger charge is -2.19. The number of nitrogens with two attached hydrogens (primary N) is 1. The van der Waals surface area contributed by atoms with E-state index in [1.165, 1.54) is 124 Å². The number of thiocarbonyl (C=S) groups is 1. The van der Waals surface area contributed by atoms with Crippen molar-refractivity contribution in [3.05, 3.63) is 197 Å². The number of methoxy groups -OCH3 is 4. The number of rotatable bonds is 35. The summed E-state index contributed by atoms with van der Waals surface area (Å²) in [5.74, 6) is 1.69. The summed E-state index contributed by atoms with van der Waals surface area (Å²) in [4.78, 5) is 66.8. The van der Waals surface area contributed by atoms with Crippen molar-refractivity contribution in [3.8, 4) is 18.0 Å². The standard InChI is InChI=1S/C21H26N4O2S.C19H25N5O4.C19H27N5O2.C16H18ClN5O2.C3H8O2/c1-26-10-11-27-21-22-13-18-12-19(28)25(20(18)23-21)15-17-6-4-16(5-7-17)14-24-8-2-3-9-24;1-27-10-11-28-19-21-13-17(24(25)26)18(22-19)20-12-15-4-6-16(7-5-15)14-23-8-2-3-9-23;1-25-10-11-26-19-22-13-17(20)18(23-19)21-12-15-4-6-16(7-5-15)14-24-8-2-3-9-24;17-16-19-10-14(22(23)24)15(20-16)18-9-12-3-5-13(6-4-12)11-21-7-1-2-8-21;1-5-3-2-4/h4-7,13H,2-3,8-12,14-15H2,1H3;4-7,13H,2-3,8-12,14H2,1H3,(H,20,21,22);4-7,13H,2-3,8-12,14,20H2,1H3,(H,21,22,23);3-6,10H,1-2,7-9,11H2,(H,18,19,20);4H,2-3H2,1H3. The van der Waals surface area contributed by atoms with Gasteiger partial charge in [-0.3, -0.25) is 39.8 Å². The molecule has 9 heterocycles. The van der Waals surface area contributed by atoms with E-state index in [2.05, 4.69) is 158 Å². The molecule has 4 aromatic carbocycles.